The van der Waals surface area contributed by atoms with Crippen molar-refractivity contribution in [3.8, 4) is 6.07 Å². The zero-order valence-corrected chi connectivity index (χ0v) is 20.3. The standard InChI is InChI=1S/C26H30N8O/c1-25(2)14-29-21-17(13-28)9-20(32-22(21)25)23(35)31-19-6-4-5-18(10-19)26(11-16(12-26)7-8-27)24-33-30-15-34(24)3/h4-6,9-10,15-16,29H,7,11-14,28H2,1-3H3,(H,31,35). The Balaban J connectivity index is 1.45. The van der Waals surface area contributed by atoms with Crippen LogP contribution in [0.25, 0.3) is 0 Å². The van der Waals surface area contributed by atoms with Crippen LogP contribution in [0.1, 0.15) is 66.2 Å². The molecule has 1 amide bonds. The molecule has 1 aliphatic heterocycles. The number of rotatable bonds is 6. The molecule has 1 aliphatic carbocycles. The van der Waals surface area contributed by atoms with Crippen molar-refractivity contribution in [1.82, 2.24) is 19.7 Å². The van der Waals surface area contributed by atoms with E-state index in [1.165, 1.54) is 0 Å². The van der Waals surface area contributed by atoms with Gasteiger partial charge >= 0.3 is 0 Å². The van der Waals surface area contributed by atoms with E-state index in [-0.39, 0.29) is 16.7 Å². The molecule has 0 saturated heterocycles. The summed E-state index contributed by atoms with van der Waals surface area (Å²) in [5, 5.41) is 24.1. The van der Waals surface area contributed by atoms with Crippen molar-refractivity contribution in [1.29, 1.82) is 5.26 Å². The minimum Gasteiger partial charge on any atom is -0.382 e. The highest BCUT2D eigenvalue weighted by atomic mass is 16.1. The zero-order chi connectivity index (χ0) is 24.8. The molecule has 0 radical (unpaired) electrons. The molecular formula is C26H30N8O. The third-order valence-electron chi connectivity index (χ3n) is 7.37. The van der Waals surface area contributed by atoms with Crippen LogP contribution >= 0.6 is 0 Å². The fourth-order valence-electron chi connectivity index (χ4n) is 5.51. The second kappa shape index (κ2) is 8.47. The average molecular weight is 471 g/mol. The zero-order valence-electron chi connectivity index (χ0n) is 20.3. The lowest BCUT2D eigenvalue weighted by atomic mass is 9.57. The Hall–Kier alpha value is -3.77. The highest BCUT2D eigenvalue weighted by molar-refractivity contribution is 6.03. The highest BCUT2D eigenvalue weighted by Gasteiger charge is 2.49. The van der Waals surface area contributed by atoms with Crippen LogP contribution in [0, 0.1) is 17.2 Å². The Bertz CT molecular complexity index is 1330. The van der Waals surface area contributed by atoms with Crippen molar-refractivity contribution in [3.63, 3.8) is 0 Å². The van der Waals surface area contributed by atoms with Gasteiger partial charge in [0.2, 0.25) is 0 Å². The van der Waals surface area contributed by atoms with Gasteiger partial charge < -0.3 is 20.9 Å². The van der Waals surface area contributed by atoms with Gasteiger partial charge in [0, 0.05) is 37.7 Å². The van der Waals surface area contributed by atoms with Gasteiger partial charge in [-0.1, -0.05) is 26.0 Å². The summed E-state index contributed by atoms with van der Waals surface area (Å²) in [6.07, 6.45) is 3.86. The maximum atomic E-state index is 13.3. The molecule has 180 valence electrons. The molecular weight excluding hydrogens is 440 g/mol. The molecule has 9 heteroatoms. The van der Waals surface area contributed by atoms with Crippen LogP contribution < -0.4 is 16.4 Å². The minimum absolute atomic E-state index is 0.178. The Morgan fingerprint density at radius 3 is 2.83 bits per heavy atom. The van der Waals surface area contributed by atoms with Crippen molar-refractivity contribution >= 4 is 17.3 Å². The van der Waals surface area contributed by atoms with Gasteiger partial charge in [0.15, 0.2) is 0 Å². The summed E-state index contributed by atoms with van der Waals surface area (Å²) in [6.45, 7) is 5.29. The number of nitrogens with two attached hydrogens (primary N) is 1. The Labute approximate surface area is 204 Å². The van der Waals surface area contributed by atoms with Gasteiger partial charge in [0.05, 0.1) is 22.9 Å². The first-order valence-corrected chi connectivity index (χ1v) is 11.9. The number of hydrogen-bond acceptors (Lipinski definition) is 7. The Morgan fingerprint density at radius 1 is 1.34 bits per heavy atom. The summed E-state index contributed by atoms with van der Waals surface area (Å²) in [5.41, 5.74) is 10.3. The molecule has 35 heavy (non-hydrogen) atoms. The molecule has 0 atom stereocenters. The van der Waals surface area contributed by atoms with Gasteiger partial charge in [-0.2, -0.15) is 5.26 Å². The lowest BCUT2D eigenvalue weighted by Crippen LogP contribution is -2.44. The summed E-state index contributed by atoms with van der Waals surface area (Å²) in [6, 6.07) is 11.9. The molecule has 2 aromatic heterocycles. The predicted molar refractivity (Wildman–Crippen MR) is 133 cm³/mol. The molecule has 0 bridgehead atoms. The quantitative estimate of drug-likeness (QED) is 0.503. The minimum atomic E-state index is -0.332. The van der Waals surface area contributed by atoms with Crippen molar-refractivity contribution in [2.24, 2.45) is 18.7 Å². The van der Waals surface area contributed by atoms with Gasteiger partial charge in [0.1, 0.15) is 17.8 Å². The van der Waals surface area contributed by atoms with E-state index in [4.69, 9.17) is 16.0 Å². The van der Waals surface area contributed by atoms with Crippen LogP contribution in [-0.4, -0.2) is 32.2 Å². The Kier molecular flexibility index (Phi) is 5.56. The number of aryl methyl sites for hydroxylation is 1. The fraction of sp³-hybridized carbons (Fsp3) is 0.423. The second-order valence-corrected chi connectivity index (χ2v) is 10.4. The van der Waals surface area contributed by atoms with E-state index in [0.717, 1.165) is 47.7 Å². The molecule has 1 fully saturated rings. The number of anilines is 2. The van der Waals surface area contributed by atoms with E-state index in [0.29, 0.717) is 30.3 Å². The van der Waals surface area contributed by atoms with E-state index < -0.39 is 0 Å². The number of nitrogens with one attached hydrogen (secondary N) is 2. The molecule has 3 heterocycles. The van der Waals surface area contributed by atoms with Crippen molar-refractivity contribution in [2.75, 3.05) is 17.2 Å². The van der Waals surface area contributed by atoms with Crippen molar-refractivity contribution in [3.05, 3.63) is 65.0 Å². The molecule has 0 unspecified atom stereocenters. The molecule has 1 saturated carbocycles. The number of hydrogen-bond donors (Lipinski definition) is 3. The van der Waals surface area contributed by atoms with E-state index in [9.17, 15) is 4.79 Å². The SMILES string of the molecule is Cn1cnnc1C1(c2cccc(NC(=O)c3cc(CN)c4c(n3)C(C)(C)CN4)c2)CC(CC#N)C1. The molecule has 2 aliphatic rings. The van der Waals surface area contributed by atoms with Crippen molar-refractivity contribution in [2.45, 2.75) is 50.5 Å². The van der Waals surface area contributed by atoms with Crippen LogP contribution in [0.3, 0.4) is 0 Å². The maximum Gasteiger partial charge on any atom is 0.274 e. The van der Waals surface area contributed by atoms with Gasteiger partial charge in [-0.3, -0.25) is 4.79 Å². The number of nitrogens with zero attached hydrogens (tertiary/aromatic N) is 5. The largest absolute Gasteiger partial charge is 0.382 e. The molecule has 4 N–H and O–H groups in total. The number of pyridine rings is 1. The van der Waals surface area contributed by atoms with Gasteiger partial charge in [-0.25, -0.2) is 4.98 Å². The van der Waals surface area contributed by atoms with Gasteiger partial charge in [0.25, 0.3) is 5.91 Å². The predicted octanol–water partition coefficient (Wildman–Crippen LogP) is 3.23. The van der Waals surface area contributed by atoms with Crippen LogP contribution in [-0.2, 0) is 24.4 Å². The smallest absolute Gasteiger partial charge is 0.274 e. The monoisotopic (exact) mass is 470 g/mol. The summed E-state index contributed by atoms with van der Waals surface area (Å²) in [7, 11) is 1.94. The first kappa shape index (κ1) is 23.0. The third-order valence-corrected chi connectivity index (χ3v) is 7.37. The number of nitriles is 1. The van der Waals surface area contributed by atoms with Crippen LogP contribution in [0.4, 0.5) is 11.4 Å². The average Bonchev–Trinajstić information content (AvgIpc) is 3.38. The first-order valence-electron chi connectivity index (χ1n) is 11.9. The summed E-state index contributed by atoms with van der Waals surface area (Å²) < 4.78 is 1.94. The second-order valence-electron chi connectivity index (χ2n) is 10.4. The third kappa shape index (κ3) is 3.84. The van der Waals surface area contributed by atoms with Gasteiger partial charge in [-0.05, 0) is 48.1 Å². The van der Waals surface area contributed by atoms with E-state index in [1.54, 1.807) is 12.4 Å². The summed E-state index contributed by atoms with van der Waals surface area (Å²) in [4.78, 5) is 18.0. The van der Waals surface area contributed by atoms with Gasteiger partial charge in [-0.15, -0.1) is 10.2 Å². The normalized spacial score (nSPS) is 22.0. The highest BCUT2D eigenvalue weighted by Crippen LogP contribution is 2.53. The maximum absolute atomic E-state index is 13.3. The number of amides is 1. The first-order chi connectivity index (χ1) is 16.8. The Morgan fingerprint density at radius 2 is 2.14 bits per heavy atom. The number of carbonyl (C=O) groups is 1. The molecule has 3 aromatic rings. The van der Waals surface area contributed by atoms with Crippen LogP contribution in [0.2, 0.25) is 0 Å². The summed E-state index contributed by atoms with van der Waals surface area (Å²) in [5.74, 6) is 0.918. The number of carbonyl (C=O) groups excluding carboxylic acids is 1. The number of fused-ring (bicyclic) bond motifs is 1. The van der Waals surface area contributed by atoms with Crippen LogP contribution in [0.5, 0.6) is 0 Å². The van der Waals surface area contributed by atoms with E-state index in [1.807, 2.05) is 29.8 Å². The molecule has 5 rings (SSSR count). The molecule has 1 aromatic carbocycles. The van der Waals surface area contributed by atoms with E-state index >= 15 is 0 Å². The number of aromatic nitrogens is 4. The molecule has 9 nitrogen and oxygen atoms in total. The topological polar surface area (TPSA) is 135 Å². The van der Waals surface area contributed by atoms with Crippen LogP contribution in [0.15, 0.2) is 36.7 Å². The lowest BCUT2D eigenvalue weighted by Gasteiger charge is -2.46. The van der Waals surface area contributed by atoms with E-state index in [2.05, 4.69) is 46.8 Å². The fourth-order valence-corrected chi connectivity index (χ4v) is 5.51. The van der Waals surface area contributed by atoms with Crippen molar-refractivity contribution < 1.29 is 4.79 Å². The molecule has 0 spiro atoms. The number of benzene rings is 1. The summed E-state index contributed by atoms with van der Waals surface area (Å²) >= 11 is 0. The lowest BCUT2D eigenvalue weighted by molar-refractivity contribution is 0.102.